The summed E-state index contributed by atoms with van der Waals surface area (Å²) < 4.78 is 10.9. The number of aliphatic imine (C=N–C) groups is 1. The molecule has 2 atom stereocenters. The zero-order valence-electron chi connectivity index (χ0n) is 20.3. The number of amides is 1. The van der Waals surface area contributed by atoms with Gasteiger partial charge in [0, 0.05) is 6.54 Å². The van der Waals surface area contributed by atoms with Gasteiger partial charge in [-0.2, -0.15) is 4.99 Å². The molecule has 1 aliphatic carbocycles. The number of nitrogen functional groups attached to an aromatic ring is 2. The van der Waals surface area contributed by atoms with Crippen molar-refractivity contribution in [2.75, 3.05) is 44.4 Å². The van der Waals surface area contributed by atoms with Gasteiger partial charge in [-0.25, -0.2) is 9.97 Å². The van der Waals surface area contributed by atoms with Crippen molar-refractivity contribution in [3.8, 4) is 0 Å². The Bertz CT molecular complexity index is 854. The average molecular weight is 532 g/mol. The van der Waals surface area contributed by atoms with Gasteiger partial charge in [0.2, 0.25) is 0 Å². The van der Waals surface area contributed by atoms with Gasteiger partial charge in [-0.15, -0.1) is 0 Å². The summed E-state index contributed by atoms with van der Waals surface area (Å²) in [5.41, 5.74) is 16.7. The number of guanidine groups is 1. The summed E-state index contributed by atoms with van der Waals surface area (Å²) in [6, 6.07) is 0. The molecule has 14 heteroatoms. The van der Waals surface area contributed by atoms with Crippen molar-refractivity contribution in [3.05, 3.63) is 10.8 Å². The molecule has 1 amide bonds. The number of unbranched alkanes of at least 4 members (excludes halogenated alkanes) is 1. The standard InChI is InChI=1S/C22H38ClN7O6/c23-18-20(25)29-19(24)17(28-18)21(34)30-22(26)27-8-2-1-3-13-4-6-16(7-5-13)36-12-15(33)11-35-10-14(32)9-31/h13-16,31-33H,1-12H2,(H4,24,25,29)(H3,26,27,30,34). The Labute approximate surface area is 215 Å². The van der Waals surface area contributed by atoms with Crippen molar-refractivity contribution in [3.63, 3.8) is 0 Å². The quantitative estimate of drug-likeness (QED) is 0.0941. The summed E-state index contributed by atoms with van der Waals surface area (Å²) in [5.74, 6) is -0.407. The monoisotopic (exact) mass is 531 g/mol. The van der Waals surface area contributed by atoms with Crippen LogP contribution in [-0.2, 0) is 9.47 Å². The number of anilines is 2. The number of halogens is 1. The Balaban J connectivity index is 1.56. The molecular weight excluding hydrogens is 494 g/mol. The number of aliphatic hydroxyl groups excluding tert-OH is 3. The molecule has 0 saturated heterocycles. The number of aliphatic hydroxyl groups is 3. The van der Waals surface area contributed by atoms with Gasteiger partial charge in [-0.1, -0.05) is 24.4 Å². The van der Waals surface area contributed by atoms with Crippen molar-refractivity contribution in [1.82, 2.24) is 15.3 Å². The van der Waals surface area contributed by atoms with E-state index in [9.17, 15) is 15.0 Å². The Morgan fingerprint density at radius 2 is 1.78 bits per heavy atom. The number of nitrogens with zero attached hydrogens (tertiary/aromatic N) is 3. The van der Waals surface area contributed by atoms with Crippen LogP contribution in [0.15, 0.2) is 4.99 Å². The molecule has 1 saturated carbocycles. The molecular formula is C22H38ClN7O6. The first-order chi connectivity index (χ1) is 17.2. The van der Waals surface area contributed by atoms with Gasteiger partial charge in [0.05, 0.1) is 32.5 Å². The SMILES string of the molecule is N/C(=N\C(=O)c1nc(Cl)c(N)nc1N)NCCCCC1CCC(OCC(O)COCC(O)CO)CC1. The average Bonchev–Trinajstić information content (AvgIpc) is 2.85. The smallest absolute Gasteiger partial charge is 0.302 e. The van der Waals surface area contributed by atoms with Crippen LogP contribution in [0.25, 0.3) is 0 Å². The van der Waals surface area contributed by atoms with E-state index in [0.717, 1.165) is 44.9 Å². The number of aromatic nitrogens is 2. The lowest BCUT2D eigenvalue weighted by Crippen LogP contribution is -2.33. The van der Waals surface area contributed by atoms with Crippen LogP contribution < -0.4 is 22.5 Å². The van der Waals surface area contributed by atoms with Crippen LogP contribution in [0.3, 0.4) is 0 Å². The lowest BCUT2D eigenvalue weighted by Gasteiger charge is -2.29. The van der Waals surface area contributed by atoms with Crippen LogP contribution in [0, 0.1) is 5.92 Å². The molecule has 0 bridgehead atoms. The molecule has 1 heterocycles. The molecule has 1 aromatic heterocycles. The molecule has 1 aromatic rings. The number of ether oxygens (including phenoxy) is 2. The summed E-state index contributed by atoms with van der Waals surface area (Å²) in [5, 5.41) is 30.6. The Hall–Kier alpha value is -2.29. The highest BCUT2D eigenvalue weighted by Gasteiger charge is 2.22. The van der Waals surface area contributed by atoms with Gasteiger partial charge in [-0.05, 0) is 38.0 Å². The molecule has 1 aliphatic rings. The zero-order chi connectivity index (χ0) is 26.5. The van der Waals surface area contributed by atoms with Gasteiger partial charge in [0.15, 0.2) is 28.4 Å². The Morgan fingerprint density at radius 3 is 2.47 bits per heavy atom. The third-order valence-corrected chi connectivity index (χ3v) is 6.10. The van der Waals surface area contributed by atoms with Crippen molar-refractivity contribution in [2.45, 2.75) is 63.3 Å². The molecule has 0 aromatic carbocycles. The predicted octanol–water partition coefficient (Wildman–Crippen LogP) is -0.185. The highest BCUT2D eigenvalue weighted by atomic mass is 35.5. The zero-order valence-corrected chi connectivity index (χ0v) is 21.1. The van der Waals surface area contributed by atoms with Gasteiger partial charge in [-0.3, -0.25) is 4.79 Å². The predicted molar refractivity (Wildman–Crippen MR) is 135 cm³/mol. The summed E-state index contributed by atoms with van der Waals surface area (Å²) in [7, 11) is 0. The molecule has 10 N–H and O–H groups in total. The number of carbonyl (C=O) groups is 1. The van der Waals surface area contributed by atoms with Gasteiger partial charge in [0.1, 0.15) is 12.2 Å². The van der Waals surface area contributed by atoms with E-state index in [1.165, 1.54) is 0 Å². The summed E-state index contributed by atoms with van der Waals surface area (Å²) in [6.45, 7) is 0.423. The fourth-order valence-corrected chi connectivity index (χ4v) is 3.98. The molecule has 13 nitrogen and oxygen atoms in total. The second kappa shape index (κ2) is 15.7. The highest BCUT2D eigenvalue weighted by Crippen LogP contribution is 2.29. The van der Waals surface area contributed by atoms with E-state index in [4.69, 9.17) is 43.4 Å². The number of rotatable bonds is 14. The van der Waals surface area contributed by atoms with Gasteiger partial charge in [0.25, 0.3) is 0 Å². The number of hydrogen-bond acceptors (Lipinski definition) is 10. The fraction of sp³-hybridized carbons (Fsp3) is 0.727. The second-order valence-electron chi connectivity index (χ2n) is 8.86. The molecule has 36 heavy (non-hydrogen) atoms. The summed E-state index contributed by atoms with van der Waals surface area (Å²) >= 11 is 5.78. The lowest BCUT2D eigenvalue weighted by molar-refractivity contribution is -0.0701. The molecule has 2 rings (SSSR count). The van der Waals surface area contributed by atoms with Gasteiger partial charge < -0.3 is 47.3 Å². The maximum absolute atomic E-state index is 12.2. The summed E-state index contributed by atoms with van der Waals surface area (Å²) in [4.78, 5) is 23.5. The van der Waals surface area contributed by atoms with Crippen molar-refractivity contribution in [1.29, 1.82) is 0 Å². The van der Waals surface area contributed by atoms with E-state index < -0.39 is 18.1 Å². The van der Waals surface area contributed by atoms with Crippen LogP contribution in [0.5, 0.6) is 0 Å². The molecule has 1 fully saturated rings. The van der Waals surface area contributed by atoms with E-state index in [1.54, 1.807) is 0 Å². The van der Waals surface area contributed by atoms with Crippen LogP contribution in [-0.4, -0.2) is 88.4 Å². The normalized spacial score (nSPS) is 20.2. The Kier molecular flexibility index (Phi) is 13.1. The number of carbonyl (C=O) groups excluding carboxylic acids is 1. The number of hydrogen-bond donors (Lipinski definition) is 7. The maximum atomic E-state index is 12.2. The van der Waals surface area contributed by atoms with E-state index >= 15 is 0 Å². The lowest BCUT2D eigenvalue weighted by atomic mass is 9.84. The third kappa shape index (κ3) is 10.8. The van der Waals surface area contributed by atoms with Crippen LogP contribution >= 0.6 is 11.6 Å². The molecule has 0 aliphatic heterocycles. The van der Waals surface area contributed by atoms with Crippen molar-refractivity contribution < 1.29 is 29.6 Å². The first-order valence-corrected chi connectivity index (χ1v) is 12.4. The number of nitrogens with one attached hydrogen (secondary N) is 1. The minimum atomic E-state index is -0.936. The van der Waals surface area contributed by atoms with Crippen LogP contribution in [0.2, 0.25) is 5.15 Å². The molecule has 204 valence electrons. The van der Waals surface area contributed by atoms with E-state index in [0.29, 0.717) is 12.5 Å². The minimum Gasteiger partial charge on any atom is -0.394 e. The summed E-state index contributed by atoms with van der Waals surface area (Å²) in [6.07, 6.45) is 5.42. The minimum absolute atomic E-state index is 0.0189. The van der Waals surface area contributed by atoms with Crippen molar-refractivity contribution in [2.24, 2.45) is 16.6 Å². The topological polar surface area (TPSA) is 224 Å². The maximum Gasteiger partial charge on any atom is 0.302 e. The third-order valence-electron chi connectivity index (χ3n) is 5.82. The van der Waals surface area contributed by atoms with E-state index in [2.05, 4.69) is 20.3 Å². The van der Waals surface area contributed by atoms with Gasteiger partial charge >= 0.3 is 5.91 Å². The highest BCUT2D eigenvalue weighted by molar-refractivity contribution is 6.31. The molecule has 2 unspecified atom stereocenters. The first kappa shape index (κ1) is 29.9. The first-order valence-electron chi connectivity index (χ1n) is 12.1. The molecule has 0 spiro atoms. The van der Waals surface area contributed by atoms with Crippen molar-refractivity contribution >= 4 is 35.1 Å². The second-order valence-corrected chi connectivity index (χ2v) is 9.22. The van der Waals surface area contributed by atoms with E-state index in [-0.39, 0.29) is 61.0 Å². The Morgan fingerprint density at radius 1 is 1.08 bits per heavy atom. The van der Waals surface area contributed by atoms with Crippen LogP contribution in [0.4, 0.5) is 11.6 Å². The molecule has 0 radical (unpaired) electrons. The fourth-order valence-electron chi connectivity index (χ4n) is 3.85. The largest absolute Gasteiger partial charge is 0.394 e. The van der Waals surface area contributed by atoms with Crippen LogP contribution in [0.1, 0.15) is 55.4 Å². The number of nitrogens with two attached hydrogens (primary N) is 3. The van der Waals surface area contributed by atoms with E-state index in [1.807, 2.05) is 0 Å².